The normalized spacial score (nSPS) is 15.9. The molecule has 0 spiro atoms. The SMILES string of the molecule is O=C(/C=C/c1cccc(Br)c1)N(c1nccs1)C1CCCCC1. The van der Waals surface area contributed by atoms with Crippen LogP contribution in [-0.2, 0) is 4.79 Å². The minimum atomic E-state index is 0.0202. The number of anilines is 1. The summed E-state index contributed by atoms with van der Waals surface area (Å²) >= 11 is 4.98. The van der Waals surface area contributed by atoms with Crippen molar-refractivity contribution < 1.29 is 4.79 Å². The van der Waals surface area contributed by atoms with E-state index in [2.05, 4.69) is 20.9 Å². The number of carbonyl (C=O) groups excluding carboxylic acids is 1. The standard InChI is InChI=1S/C18H19BrN2OS/c19-15-6-4-5-14(13-15)9-10-17(22)21(18-20-11-12-23-18)16-7-2-1-3-8-16/h4-6,9-13,16H,1-3,7-8H2/b10-9+. The zero-order valence-corrected chi connectivity index (χ0v) is 15.2. The highest BCUT2D eigenvalue weighted by atomic mass is 79.9. The first-order valence-corrected chi connectivity index (χ1v) is 9.57. The van der Waals surface area contributed by atoms with E-state index in [1.54, 1.807) is 12.3 Å². The van der Waals surface area contributed by atoms with Gasteiger partial charge in [0.05, 0.1) is 0 Å². The molecule has 0 N–H and O–H groups in total. The molecule has 0 atom stereocenters. The summed E-state index contributed by atoms with van der Waals surface area (Å²) in [5.41, 5.74) is 1.01. The highest BCUT2D eigenvalue weighted by Crippen LogP contribution is 2.29. The Balaban J connectivity index is 1.80. The molecular weight excluding hydrogens is 372 g/mol. The summed E-state index contributed by atoms with van der Waals surface area (Å²) in [4.78, 5) is 19.0. The maximum Gasteiger partial charge on any atom is 0.253 e. The summed E-state index contributed by atoms with van der Waals surface area (Å²) in [5, 5.41) is 2.73. The number of halogens is 1. The van der Waals surface area contributed by atoms with Crippen LogP contribution in [0.3, 0.4) is 0 Å². The molecule has 0 aliphatic heterocycles. The second-order valence-electron chi connectivity index (χ2n) is 5.70. The third kappa shape index (κ3) is 4.30. The number of hydrogen-bond acceptors (Lipinski definition) is 3. The molecule has 1 aromatic carbocycles. The number of nitrogens with zero attached hydrogens (tertiary/aromatic N) is 2. The van der Waals surface area contributed by atoms with Crippen molar-refractivity contribution in [1.29, 1.82) is 0 Å². The Bertz CT molecular complexity index is 678. The number of aromatic nitrogens is 1. The number of amides is 1. The summed E-state index contributed by atoms with van der Waals surface area (Å²) in [6.45, 7) is 0. The Morgan fingerprint density at radius 3 is 2.83 bits per heavy atom. The van der Waals surface area contributed by atoms with Crippen LogP contribution in [0.15, 0.2) is 46.4 Å². The van der Waals surface area contributed by atoms with E-state index in [4.69, 9.17) is 0 Å². The fourth-order valence-corrected chi connectivity index (χ4v) is 4.10. The van der Waals surface area contributed by atoms with Crippen molar-refractivity contribution in [3.05, 3.63) is 52.0 Å². The van der Waals surface area contributed by atoms with Crippen molar-refractivity contribution in [2.45, 2.75) is 38.1 Å². The van der Waals surface area contributed by atoms with Gasteiger partial charge >= 0.3 is 0 Å². The summed E-state index contributed by atoms with van der Waals surface area (Å²) in [5.74, 6) is 0.0202. The van der Waals surface area contributed by atoms with Gasteiger partial charge in [-0.2, -0.15) is 0 Å². The van der Waals surface area contributed by atoms with Crippen LogP contribution in [0.25, 0.3) is 6.08 Å². The molecule has 120 valence electrons. The Kier molecular flexibility index (Phi) is 5.62. The van der Waals surface area contributed by atoms with Crippen molar-refractivity contribution in [2.24, 2.45) is 0 Å². The van der Waals surface area contributed by atoms with Gasteiger partial charge in [0.25, 0.3) is 5.91 Å². The highest BCUT2D eigenvalue weighted by Gasteiger charge is 2.27. The van der Waals surface area contributed by atoms with Crippen LogP contribution < -0.4 is 4.90 Å². The molecule has 0 radical (unpaired) electrons. The molecule has 23 heavy (non-hydrogen) atoms. The molecule has 0 bridgehead atoms. The van der Waals surface area contributed by atoms with E-state index in [0.717, 1.165) is 28.0 Å². The Labute approximate surface area is 149 Å². The van der Waals surface area contributed by atoms with Crippen molar-refractivity contribution >= 4 is 44.4 Å². The lowest BCUT2D eigenvalue weighted by Gasteiger charge is -2.31. The fourth-order valence-electron chi connectivity index (χ4n) is 2.96. The van der Waals surface area contributed by atoms with Crippen LogP contribution >= 0.6 is 27.3 Å². The number of thiazole rings is 1. The maximum atomic E-state index is 12.8. The maximum absolute atomic E-state index is 12.8. The second kappa shape index (κ2) is 7.88. The summed E-state index contributed by atoms with van der Waals surface area (Å²) < 4.78 is 1.01. The third-order valence-electron chi connectivity index (χ3n) is 4.07. The molecule has 1 heterocycles. The molecule has 3 rings (SSSR count). The van der Waals surface area contributed by atoms with E-state index in [1.807, 2.05) is 40.6 Å². The minimum Gasteiger partial charge on any atom is -0.281 e. The molecule has 3 nitrogen and oxygen atoms in total. The van der Waals surface area contributed by atoms with Gasteiger partial charge in [-0.05, 0) is 36.6 Å². The van der Waals surface area contributed by atoms with Gasteiger partial charge in [-0.1, -0.05) is 47.3 Å². The first kappa shape index (κ1) is 16.4. The van der Waals surface area contributed by atoms with E-state index >= 15 is 0 Å². The van der Waals surface area contributed by atoms with E-state index in [1.165, 1.54) is 30.6 Å². The average Bonchev–Trinajstić information content (AvgIpc) is 3.08. The van der Waals surface area contributed by atoms with E-state index in [0.29, 0.717) is 0 Å². The van der Waals surface area contributed by atoms with Gasteiger partial charge in [0.1, 0.15) is 0 Å². The van der Waals surface area contributed by atoms with Gasteiger partial charge in [-0.15, -0.1) is 11.3 Å². The van der Waals surface area contributed by atoms with Gasteiger partial charge in [-0.3, -0.25) is 9.69 Å². The molecule has 1 fully saturated rings. The topological polar surface area (TPSA) is 33.2 Å². The van der Waals surface area contributed by atoms with Gasteiger partial charge in [-0.25, -0.2) is 4.98 Å². The van der Waals surface area contributed by atoms with Gasteiger partial charge in [0.2, 0.25) is 0 Å². The van der Waals surface area contributed by atoms with Crippen LogP contribution in [0.5, 0.6) is 0 Å². The molecule has 1 aromatic heterocycles. The largest absolute Gasteiger partial charge is 0.281 e. The lowest BCUT2D eigenvalue weighted by atomic mass is 9.94. The van der Waals surface area contributed by atoms with Crippen molar-refractivity contribution in [1.82, 2.24) is 4.98 Å². The van der Waals surface area contributed by atoms with Crippen LogP contribution in [0.4, 0.5) is 5.13 Å². The van der Waals surface area contributed by atoms with E-state index < -0.39 is 0 Å². The smallest absolute Gasteiger partial charge is 0.253 e. The van der Waals surface area contributed by atoms with Crippen LogP contribution in [0.1, 0.15) is 37.7 Å². The first-order chi connectivity index (χ1) is 11.2. The molecule has 2 aromatic rings. The average molecular weight is 391 g/mol. The third-order valence-corrected chi connectivity index (χ3v) is 5.33. The van der Waals surface area contributed by atoms with E-state index in [-0.39, 0.29) is 11.9 Å². The minimum absolute atomic E-state index is 0.0202. The molecule has 1 aliphatic carbocycles. The predicted octanol–water partition coefficient (Wildman–Crippen LogP) is 5.28. The van der Waals surface area contributed by atoms with Crippen molar-refractivity contribution in [3.63, 3.8) is 0 Å². The summed E-state index contributed by atoms with van der Waals surface area (Å²) in [6, 6.07) is 8.20. The fraction of sp³-hybridized carbons (Fsp3) is 0.333. The zero-order valence-electron chi connectivity index (χ0n) is 12.8. The lowest BCUT2D eigenvalue weighted by molar-refractivity contribution is -0.114. The van der Waals surface area contributed by atoms with Gasteiger partial charge in [0, 0.05) is 28.2 Å². The Morgan fingerprint density at radius 1 is 1.30 bits per heavy atom. The Hall–Kier alpha value is -1.46. The summed E-state index contributed by atoms with van der Waals surface area (Å²) in [6.07, 6.45) is 11.1. The monoisotopic (exact) mass is 390 g/mol. The lowest BCUT2D eigenvalue weighted by Crippen LogP contribution is -2.40. The molecule has 0 unspecified atom stereocenters. The molecule has 1 amide bonds. The van der Waals surface area contributed by atoms with Crippen LogP contribution in [0.2, 0.25) is 0 Å². The molecule has 0 saturated heterocycles. The predicted molar refractivity (Wildman–Crippen MR) is 99.6 cm³/mol. The first-order valence-electron chi connectivity index (χ1n) is 7.90. The number of carbonyl (C=O) groups is 1. The van der Waals surface area contributed by atoms with E-state index in [9.17, 15) is 4.79 Å². The van der Waals surface area contributed by atoms with Gasteiger partial charge in [0.15, 0.2) is 5.13 Å². The number of hydrogen-bond donors (Lipinski definition) is 0. The quantitative estimate of drug-likeness (QED) is 0.664. The number of rotatable bonds is 4. The molecular formula is C18H19BrN2OS. The highest BCUT2D eigenvalue weighted by molar-refractivity contribution is 9.10. The molecule has 1 aliphatic rings. The molecule has 5 heteroatoms. The zero-order chi connectivity index (χ0) is 16.1. The van der Waals surface area contributed by atoms with Crippen LogP contribution in [-0.4, -0.2) is 16.9 Å². The van der Waals surface area contributed by atoms with Crippen molar-refractivity contribution in [3.8, 4) is 0 Å². The number of benzene rings is 1. The van der Waals surface area contributed by atoms with Gasteiger partial charge < -0.3 is 0 Å². The Morgan fingerprint density at radius 2 is 2.13 bits per heavy atom. The summed E-state index contributed by atoms with van der Waals surface area (Å²) in [7, 11) is 0. The molecule has 1 saturated carbocycles. The van der Waals surface area contributed by atoms with Crippen molar-refractivity contribution in [2.75, 3.05) is 4.90 Å². The second-order valence-corrected chi connectivity index (χ2v) is 7.49. The van der Waals surface area contributed by atoms with Crippen LogP contribution in [0, 0.1) is 0 Å².